The van der Waals surface area contributed by atoms with Gasteiger partial charge < -0.3 is 10.0 Å². The maximum absolute atomic E-state index is 13.0. The molecule has 5 rings (SSSR count). The van der Waals surface area contributed by atoms with Crippen LogP contribution >= 0.6 is 0 Å². The average Bonchev–Trinajstić information content (AvgIpc) is 3.14. The van der Waals surface area contributed by atoms with E-state index >= 15 is 0 Å². The maximum Gasteiger partial charge on any atom is 0.270 e. The van der Waals surface area contributed by atoms with Gasteiger partial charge in [0.25, 0.3) is 11.5 Å². The number of likely N-dealkylation sites (tertiary alicyclic amines) is 1. The van der Waals surface area contributed by atoms with E-state index in [1.807, 2.05) is 36.4 Å². The van der Waals surface area contributed by atoms with Crippen LogP contribution in [0.3, 0.4) is 0 Å². The van der Waals surface area contributed by atoms with Gasteiger partial charge in [0, 0.05) is 42.5 Å². The molecule has 30 heavy (non-hydrogen) atoms. The first-order valence-electron chi connectivity index (χ1n) is 9.88. The molecule has 0 saturated carbocycles. The Morgan fingerprint density at radius 1 is 1.07 bits per heavy atom. The number of rotatable bonds is 3. The third kappa shape index (κ3) is 3.23. The number of carbonyl (C=O) groups excluding carboxylic acids is 1. The van der Waals surface area contributed by atoms with Gasteiger partial charge >= 0.3 is 0 Å². The first-order valence-corrected chi connectivity index (χ1v) is 9.88. The van der Waals surface area contributed by atoms with Gasteiger partial charge in [0.15, 0.2) is 0 Å². The lowest BCUT2D eigenvalue weighted by molar-refractivity contribution is 0.0762. The van der Waals surface area contributed by atoms with Crippen molar-refractivity contribution >= 4 is 22.5 Å². The number of amides is 1. The summed E-state index contributed by atoms with van der Waals surface area (Å²) in [4.78, 5) is 36.1. The first kappa shape index (κ1) is 18.4. The molecule has 0 aliphatic carbocycles. The van der Waals surface area contributed by atoms with Gasteiger partial charge in [0.05, 0.1) is 11.6 Å². The van der Waals surface area contributed by atoms with E-state index in [-0.39, 0.29) is 18.0 Å². The lowest BCUT2D eigenvalue weighted by atomic mass is 9.99. The van der Waals surface area contributed by atoms with E-state index in [2.05, 4.69) is 9.97 Å². The summed E-state index contributed by atoms with van der Waals surface area (Å²) in [6.45, 7) is 0.555. The Hall–Kier alpha value is -3.58. The molecule has 0 spiro atoms. The van der Waals surface area contributed by atoms with E-state index in [9.17, 15) is 14.7 Å². The van der Waals surface area contributed by atoms with Gasteiger partial charge in [0.1, 0.15) is 11.2 Å². The Balaban J connectivity index is 1.36. The molecular formula is C23H20N4O3. The minimum atomic E-state index is -0.668. The monoisotopic (exact) mass is 400 g/mol. The molecule has 1 saturated heterocycles. The molecule has 7 nitrogen and oxygen atoms in total. The summed E-state index contributed by atoms with van der Waals surface area (Å²) in [5.41, 5.74) is 1.88. The molecule has 1 aromatic carbocycles. The van der Waals surface area contributed by atoms with E-state index < -0.39 is 17.6 Å². The topological polar surface area (TPSA) is 87.8 Å². The van der Waals surface area contributed by atoms with Crippen LogP contribution in [0.4, 0.5) is 0 Å². The first-order chi connectivity index (χ1) is 14.6. The molecule has 1 amide bonds. The number of fused-ring (bicyclic) bond motifs is 2. The van der Waals surface area contributed by atoms with Crippen molar-refractivity contribution in [3.63, 3.8) is 0 Å². The van der Waals surface area contributed by atoms with Crippen LogP contribution in [0.15, 0.2) is 71.8 Å². The van der Waals surface area contributed by atoms with Crippen LogP contribution in [0.25, 0.3) is 16.6 Å². The highest BCUT2D eigenvalue weighted by Crippen LogP contribution is 2.23. The van der Waals surface area contributed by atoms with Crippen LogP contribution < -0.4 is 5.56 Å². The summed E-state index contributed by atoms with van der Waals surface area (Å²) in [5.74, 6) is -0.544. The number of hydrogen-bond acceptors (Lipinski definition) is 5. The molecule has 1 fully saturated rings. The molecule has 1 aliphatic rings. The van der Waals surface area contributed by atoms with Crippen LogP contribution in [-0.4, -0.2) is 49.5 Å². The third-order valence-electron chi connectivity index (χ3n) is 5.67. The summed E-state index contributed by atoms with van der Waals surface area (Å²) >= 11 is 0. The number of benzene rings is 1. The largest absolute Gasteiger partial charge is 0.391 e. The minimum Gasteiger partial charge on any atom is -0.391 e. The predicted molar refractivity (Wildman–Crippen MR) is 112 cm³/mol. The number of nitrogens with zero attached hydrogens (tertiary/aromatic N) is 4. The van der Waals surface area contributed by atoms with Crippen LogP contribution in [0.2, 0.25) is 0 Å². The van der Waals surface area contributed by atoms with Gasteiger partial charge in [-0.2, -0.15) is 0 Å². The van der Waals surface area contributed by atoms with Crippen molar-refractivity contribution in [1.29, 1.82) is 0 Å². The van der Waals surface area contributed by atoms with Crippen molar-refractivity contribution < 1.29 is 9.90 Å². The Kier molecular flexibility index (Phi) is 4.52. The second-order valence-electron chi connectivity index (χ2n) is 7.64. The second kappa shape index (κ2) is 7.35. The highest BCUT2D eigenvalue weighted by molar-refractivity contribution is 5.94. The molecule has 7 heteroatoms. The lowest BCUT2D eigenvalue weighted by Crippen LogP contribution is -2.35. The number of aromatic nitrogens is 3. The fourth-order valence-corrected chi connectivity index (χ4v) is 4.05. The van der Waals surface area contributed by atoms with Gasteiger partial charge in [-0.25, -0.2) is 4.98 Å². The molecule has 4 aromatic rings. The molecular weight excluding hydrogens is 380 g/mol. The number of carbonyl (C=O) groups is 1. The van der Waals surface area contributed by atoms with E-state index in [1.165, 1.54) is 15.5 Å². The Labute approximate surface area is 172 Å². The summed E-state index contributed by atoms with van der Waals surface area (Å²) in [6.07, 6.45) is 2.81. The highest BCUT2D eigenvalue weighted by Gasteiger charge is 2.35. The van der Waals surface area contributed by atoms with Crippen molar-refractivity contribution in [3.8, 4) is 0 Å². The fraction of sp³-hybridized carbons (Fsp3) is 0.217. The summed E-state index contributed by atoms with van der Waals surface area (Å²) in [5, 5.41) is 11.6. The van der Waals surface area contributed by atoms with E-state index in [4.69, 9.17) is 0 Å². The normalized spacial score (nSPS) is 18.9. The van der Waals surface area contributed by atoms with Crippen LogP contribution in [0.1, 0.15) is 16.1 Å². The van der Waals surface area contributed by atoms with Gasteiger partial charge in [-0.1, -0.05) is 30.3 Å². The number of aliphatic hydroxyl groups excluding tert-OH is 1. The molecule has 1 aliphatic heterocycles. The number of pyridine rings is 2. The van der Waals surface area contributed by atoms with Gasteiger partial charge in [-0.05, 0) is 30.7 Å². The van der Waals surface area contributed by atoms with Crippen molar-refractivity contribution in [1.82, 2.24) is 19.3 Å². The minimum absolute atomic E-state index is 0.00961. The van der Waals surface area contributed by atoms with Crippen LogP contribution in [-0.2, 0) is 6.42 Å². The zero-order chi connectivity index (χ0) is 20.7. The second-order valence-corrected chi connectivity index (χ2v) is 7.64. The number of para-hydroxylation sites is 1. The van der Waals surface area contributed by atoms with Gasteiger partial charge in [-0.15, -0.1) is 0 Å². The molecule has 4 heterocycles. The molecule has 2 atom stereocenters. The molecule has 3 aromatic heterocycles. The van der Waals surface area contributed by atoms with Crippen molar-refractivity contribution in [2.75, 3.05) is 13.1 Å². The van der Waals surface area contributed by atoms with Gasteiger partial charge in [-0.3, -0.25) is 19.0 Å². The number of hydrogen-bond donors (Lipinski definition) is 1. The Morgan fingerprint density at radius 2 is 1.90 bits per heavy atom. The number of aliphatic hydroxyl groups is 1. The van der Waals surface area contributed by atoms with E-state index in [1.54, 1.807) is 24.4 Å². The molecule has 0 bridgehead atoms. The van der Waals surface area contributed by atoms with E-state index in [0.717, 1.165) is 16.6 Å². The third-order valence-corrected chi connectivity index (χ3v) is 5.67. The standard InChI is InChI=1S/C23H20N4O3/c28-20-14-26(22(29)18-12-24-21-7-3-4-10-27(21)23(18)30)13-16(20)11-17-9-8-15-5-1-2-6-19(15)25-17/h1-10,12,16,20,28H,11,13-14H2/t16-,20-/m1/s1. The van der Waals surface area contributed by atoms with Crippen LogP contribution in [0.5, 0.6) is 0 Å². The quantitative estimate of drug-likeness (QED) is 0.568. The zero-order valence-electron chi connectivity index (χ0n) is 16.2. The Bertz CT molecular complexity index is 1320. The average molecular weight is 400 g/mol. The van der Waals surface area contributed by atoms with Gasteiger partial charge in [0.2, 0.25) is 0 Å². The Morgan fingerprint density at radius 3 is 2.80 bits per heavy atom. The smallest absolute Gasteiger partial charge is 0.270 e. The predicted octanol–water partition coefficient (Wildman–Crippen LogP) is 1.92. The molecule has 0 unspecified atom stereocenters. The fourth-order valence-electron chi connectivity index (χ4n) is 4.05. The lowest BCUT2D eigenvalue weighted by Gasteiger charge is -2.16. The van der Waals surface area contributed by atoms with E-state index in [0.29, 0.717) is 18.6 Å². The SMILES string of the molecule is O=C(c1cnc2ccccn2c1=O)N1C[C@@H](Cc2ccc3ccccc3n2)[C@H](O)C1. The maximum atomic E-state index is 13.0. The summed E-state index contributed by atoms with van der Waals surface area (Å²) in [7, 11) is 0. The number of β-amino-alcohol motifs (C(OH)–C–C–N with tert-alkyl or cyclic N) is 1. The molecule has 150 valence electrons. The summed E-state index contributed by atoms with van der Waals surface area (Å²) < 4.78 is 1.36. The zero-order valence-corrected chi connectivity index (χ0v) is 16.2. The molecule has 0 radical (unpaired) electrons. The van der Waals surface area contributed by atoms with Crippen LogP contribution in [0, 0.1) is 5.92 Å². The summed E-state index contributed by atoms with van der Waals surface area (Å²) in [6, 6.07) is 17.1. The van der Waals surface area contributed by atoms with Crippen molar-refractivity contribution in [2.45, 2.75) is 12.5 Å². The molecule has 1 N–H and O–H groups in total. The highest BCUT2D eigenvalue weighted by atomic mass is 16.3. The van der Waals surface area contributed by atoms with Crippen molar-refractivity contribution in [2.24, 2.45) is 5.92 Å². The van der Waals surface area contributed by atoms with Crippen molar-refractivity contribution in [3.05, 3.63) is 88.6 Å².